The van der Waals surface area contributed by atoms with Gasteiger partial charge in [0.2, 0.25) is 0 Å². The van der Waals surface area contributed by atoms with Gasteiger partial charge < -0.3 is 13.9 Å². The van der Waals surface area contributed by atoms with Crippen molar-refractivity contribution in [2.45, 2.75) is 45.8 Å². The predicted molar refractivity (Wildman–Crippen MR) is 190 cm³/mol. The van der Waals surface area contributed by atoms with Gasteiger partial charge in [0.15, 0.2) is 0 Å². The van der Waals surface area contributed by atoms with E-state index in [-0.39, 0.29) is 26.5 Å². The van der Waals surface area contributed by atoms with Gasteiger partial charge in [-0.1, -0.05) is 87.0 Å². The zero-order chi connectivity index (χ0) is 32.4. The molecule has 6 heteroatoms. The molecule has 0 saturated carbocycles. The van der Waals surface area contributed by atoms with Crippen LogP contribution in [0.4, 0.5) is 0 Å². The molecule has 0 unspecified atom stereocenters. The second-order valence-electron chi connectivity index (χ2n) is 13.7. The van der Waals surface area contributed by atoms with E-state index >= 15 is 0 Å². The molecule has 0 N–H and O–H groups in total. The Kier molecular flexibility index (Phi) is 7.86. The van der Waals surface area contributed by atoms with E-state index in [0.717, 1.165) is 55.9 Å². The van der Waals surface area contributed by atoms with Crippen molar-refractivity contribution in [2.75, 3.05) is 0 Å². The molecule has 0 fully saturated rings. The van der Waals surface area contributed by atoms with Crippen LogP contribution in [0.3, 0.4) is 0 Å². The number of pyridine rings is 1. The van der Waals surface area contributed by atoms with Gasteiger partial charge in [0.25, 0.3) is 6.33 Å². The average molecular weight is 818 g/mol. The van der Waals surface area contributed by atoms with Gasteiger partial charge in [0.1, 0.15) is 5.82 Å². The quantitative estimate of drug-likeness (QED) is 0.129. The number of imidazole rings is 1. The first-order valence-electron chi connectivity index (χ1n) is 16.5. The third kappa shape index (κ3) is 5.42. The van der Waals surface area contributed by atoms with E-state index < -0.39 is 0 Å². The molecule has 3 aromatic heterocycles. The van der Waals surface area contributed by atoms with Crippen molar-refractivity contribution < 1.29 is 30.4 Å². The Bertz CT molecular complexity index is 2520. The number of para-hydroxylation sites is 4. The molecule has 8 aromatic rings. The number of hydrogen-bond donors (Lipinski definition) is 0. The number of aromatic nitrogens is 4. The van der Waals surface area contributed by atoms with Crippen molar-refractivity contribution in [1.29, 1.82) is 0 Å². The van der Waals surface area contributed by atoms with Gasteiger partial charge >= 0.3 is 0 Å². The van der Waals surface area contributed by atoms with Gasteiger partial charge in [-0.15, -0.1) is 5.39 Å². The number of nitrogens with zero attached hydrogens (tertiary/aromatic N) is 4. The molecule has 9 rings (SSSR count). The van der Waals surface area contributed by atoms with Crippen LogP contribution in [0.15, 0.2) is 115 Å². The summed E-state index contributed by atoms with van der Waals surface area (Å²) in [5.41, 5.74) is 12.2. The van der Waals surface area contributed by atoms with Crippen molar-refractivity contribution in [3.63, 3.8) is 0 Å². The van der Waals surface area contributed by atoms with Crippen LogP contribution in [-0.4, -0.2) is 14.1 Å². The molecule has 49 heavy (non-hydrogen) atoms. The van der Waals surface area contributed by atoms with Crippen LogP contribution < -0.4 is 4.57 Å². The summed E-state index contributed by atoms with van der Waals surface area (Å²) in [6.45, 7) is 8.03. The molecule has 0 saturated heterocycles. The average Bonchev–Trinajstić information content (AvgIpc) is 3.82. The van der Waals surface area contributed by atoms with Crippen LogP contribution in [0.1, 0.15) is 48.6 Å². The number of ether oxygens (including phenoxy) is 1. The molecule has 1 aliphatic heterocycles. The van der Waals surface area contributed by atoms with E-state index in [1.54, 1.807) is 0 Å². The van der Waals surface area contributed by atoms with Crippen molar-refractivity contribution in [3.05, 3.63) is 162 Å². The fourth-order valence-corrected chi connectivity index (χ4v) is 7.11. The van der Waals surface area contributed by atoms with Crippen LogP contribution in [0.5, 0.6) is 0 Å². The Labute approximate surface area is 300 Å². The van der Waals surface area contributed by atoms with Crippen LogP contribution in [0, 0.1) is 18.5 Å². The van der Waals surface area contributed by atoms with Crippen LogP contribution >= 0.6 is 0 Å². The summed E-state index contributed by atoms with van der Waals surface area (Å²) in [5, 5.41) is 2.36. The maximum Gasteiger partial charge on any atom is 0.268 e. The van der Waals surface area contributed by atoms with Crippen LogP contribution in [0.2, 0.25) is 0 Å². The number of rotatable bonds is 5. The van der Waals surface area contributed by atoms with E-state index in [0.29, 0.717) is 19.6 Å². The summed E-state index contributed by atoms with van der Waals surface area (Å²) >= 11 is 0. The third-order valence-corrected chi connectivity index (χ3v) is 9.44. The van der Waals surface area contributed by atoms with Crippen LogP contribution in [-0.2, 0) is 50.9 Å². The Morgan fingerprint density at radius 1 is 0.755 bits per heavy atom. The van der Waals surface area contributed by atoms with E-state index in [1.165, 1.54) is 21.9 Å². The van der Waals surface area contributed by atoms with Gasteiger partial charge in [-0.05, 0) is 52.2 Å². The van der Waals surface area contributed by atoms with Gasteiger partial charge in [-0.3, -0.25) is 4.57 Å². The summed E-state index contributed by atoms with van der Waals surface area (Å²) in [5.74, 6) is 0.892. The SMILES string of the molecule is CC(C)(C)c1ccccc1-[n+]1[c-]n(-c2[c-]c(Cc3[c-]c4c(cc3)c3ccccc3n4-c3cc4c(cn3)COC4)ccc2)c2ccccc21.[Pt]. The maximum absolute atomic E-state index is 5.69. The minimum absolute atomic E-state index is 0. The molecule has 0 radical (unpaired) electrons. The van der Waals surface area contributed by atoms with E-state index in [1.807, 2.05) is 6.20 Å². The largest absolute Gasteiger partial charge is 0.372 e. The first kappa shape index (κ1) is 31.4. The summed E-state index contributed by atoms with van der Waals surface area (Å²) in [6, 6.07) is 46.1. The molecule has 0 aliphatic carbocycles. The molecule has 0 bridgehead atoms. The molecule has 0 spiro atoms. The summed E-state index contributed by atoms with van der Waals surface area (Å²) in [4.78, 5) is 4.87. The summed E-state index contributed by atoms with van der Waals surface area (Å²) in [6.07, 6.45) is 6.33. The molecular weight excluding hydrogens is 784 g/mol. The number of hydrogen-bond acceptors (Lipinski definition) is 2. The second-order valence-corrected chi connectivity index (χ2v) is 13.7. The van der Waals surface area contributed by atoms with Crippen LogP contribution in [0.25, 0.3) is 50.0 Å². The second kappa shape index (κ2) is 12.2. The van der Waals surface area contributed by atoms with Gasteiger partial charge in [0.05, 0.1) is 29.9 Å². The molecule has 5 nitrogen and oxygen atoms in total. The first-order valence-corrected chi connectivity index (χ1v) is 16.5. The topological polar surface area (TPSA) is 35.9 Å². The third-order valence-electron chi connectivity index (χ3n) is 9.44. The minimum atomic E-state index is -0.0129. The Morgan fingerprint density at radius 3 is 2.39 bits per heavy atom. The molecular formula is C43H34N4OPt-2. The molecule has 4 heterocycles. The first-order chi connectivity index (χ1) is 23.4. The standard InChI is InChI=1S/C43H34N4O.Pt/c1-43(2,3)36-14-5-7-16-38(36)46-28-45(39-17-8-9-18-40(39)46)33-12-10-11-29(22-33)21-30-19-20-35-34-13-4-6-15-37(34)47(41(35)23-30)42-24-31-26-48-27-32(31)25-44-42;/h4-20,24-25H,21,26-27H2,1-3H3;/q-2;. The monoisotopic (exact) mass is 817 g/mol. The number of fused-ring (bicyclic) bond motifs is 5. The molecule has 0 amide bonds. The van der Waals surface area contributed by atoms with E-state index in [4.69, 9.17) is 9.72 Å². The zero-order valence-electron chi connectivity index (χ0n) is 27.6. The van der Waals surface area contributed by atoms with Gasteiger partial charge in [0, 0.05) is 38.3 Å². The maximum atomic E-state index is 5.69. The molecule has 0 atom stereocenters. The van der Waals surface area contributed by atoms with Crippen molar-refractivity contribution >= 4 is 32.8 Å². The summed E-state index contributed by atoms with van der Waals surface area (Å²) < 4.78 is 12.2. The van der Waals surface area contributed by atoms with Crippen molar-refractivity contribution in [3.8, 4) is 17.2 Å². The van der Waals surface area contributed by atoms with E-state index in [2.05, 4.69) is 162 Å². The molecule has 5 aromatic carbocycles. The zero-order valence-corrected chi connectivity index (χ0v) is 29.9. The fraction of sp³-hybridized carbons (Fsp3) is 0.163. The summed E-state index contributed by atoms with van der Waals surface area (Å²) in [7, 11) is 0. The predicted octanol–water partition coefficient (Wildman–Crippen LogP) is 8.72. The molecule has 244 valence electrons. The van der Waals surface area contributed by atoms with Gasteiger partial charge in [-0.25, -0.2) is 4.98 Å². The Balaban J connectivity index is 0.00000348. The smallest absolute Gasteiger partial charge is 0.268 e. The van der Waals surface area contributed by atoms with Crippen molar-refractivity contribution in [2.24, 2.45) is 0 Å². The van der Waals surface area contributed by atoms with Gasteiger partial charge in [-0.2, -0.15) is 53.6 Å². The minimum Gasteiger partial charge on any atom is -0.372 e. The molecule has 1 aliphatic rings. The van der Waals surface area contributed by atoms with Crippen molar-refractivity contribution in [1.82, 2.24) is 14.1 Å². The fourth-order valence-electron chi connectivity index (χ4n) is 7.11. The number of benzene rings is 5. The van der Waals surface area contributed by atoms with E-state index in [9.17, 15) is 0 Å². The Hall–Kier alpha value is -4.83. The normalized spacial score (nSPS) is 12.9. The Morgan fingerprint density at radius 2 is 1.51 bits per heavy atom.